The molecule has 0 aromatic rings. The molecule has 93 heavy (non-hydrogen) atoms. The van der Waals surface area contributed by atoms with Crippen LogP contribution >= 0.6 is 0 Å². The van der Waals surface area contributed by atoms with E-state index in [9.17, 15) is 61.0 Å². The highest BCUT2D eigenvalue weighted by atomic mass is 16.8. The van der Waals surface area contributed by atoms with Gasteiger partial charge in [0, 0.05) is 6.42 Å². The van der Waals surface area contributed by atoms with E-state index in [4.69, 9.17) is 28.4 Å². The second-order valence-corrected chi connectivity index (χ2v) is 27.5. The van der Waals surface area contributed by atoms with Crippen molar-refractivity contribution >= 4 is 5.91 Å². The van der Waals surface area contributed by atoms with Gasteiger partial charge in [0.1, 0.15) is 73.2 Å². The Hall–Kier alpha value is -1.73. The summed E-state index contributed by atoms with van der Waals surface area (Å²) in [5.41, 5.74) is 0. The maximum absolute atomic E-state index is 13.4. The van der Waals surface area contributed by atoms with E-state index in [0.29, 0.717) is 12.8 Å². The third-order valence-electron chi connectivity index (χ3n) is 19.3. The van der Waals surface area contributed by atoms with Crippen LogP contribution < -0.4 is 5.32 Å². The van der Waals surface area contributed by atoms with Crippen LogP contribution in [0.25, 0.3) is 0 Å². The average molecular weight is 1330 g/mol. The van der Waals surface area contributed by atoms with Gasteiger partial charge in [-0.25, -0.2) is 0 Å². The molecule has 19 nitrogen and oxygen atoms in total. The largest absolute Gasteiger partial charge is 0.394 e. The Balaban J connectivity index is 1.34. The molecule has 0 aromatic carbocycles. The van der Waals surface area contributed by atoms with Crippen molar-refractivity contribution in [3.05, 3.63) is 24.3 Å². The number of aliphatic hydroxyl groups excluding tert-OH is 11. The molecule has 17 atom stereocenters. The van der Waals surface area contributed by atoms with E-state index in [1.54, 1.807) is 6.08 Å². The van der Waals surface area contributed by atoms with Crippen LogP contribution in [0.15, 0.2) is 24.3 Å². The standard InChI is InChI=1S/C74H139NO18/c1-3-5-7-9-11-13-15-17-19-20-21-22-23-24-25-26-27-28-29-30-31-32-33-34-35-36-38-40-42-44-46-48-50-52-62(80)75-57(58(79)51-49-47-45-43-41-39-37-18-16-14-12-10-8-6-4-2)56-88-72-68(86)65(83)70(60(54-77)90-72)93-74-69(87)66(84)71(61(55-78)91-74)92-73-67(85)64(82)63(81)59(53-76)89-73/h41,43,49,51,57-61,63-74,76-79,81-87H,3-40,42,44-48,50,52-56H2,1-2H3,(H,75,80)/b43-41+,51-49+. The molecule has 12 N–H and O–H groups in total. The molecule has 17 unspecified atom stereocenters. The van der Waals surface area contributed by atoms with Crippen LogP contribution in [0.4, 0.5) is 0 Å². The monoisotopic (exact) mass is 1330 g/mol. The number of amides is 1. The van der Waals surface area contributed by atoms with Gasteiger partial charge in [-0.05, 0) is 32.1 Å². The normalized spacial score (nSPS) is 27.6. The van der Waals surface area contributed by atoms with Crippen LogP contribution in [0.1, 0.15) is 309 Å². The summed E-state index contributed by atoms with van der Waals surface area (Å²) in [6.07, 6.45) is 39.1. The first-order valence-corrected chi connectivity index (χ1v) is 38.1. The number of hydrogen-bond donors (Lipinski definition) is 12. The van der Waals surface area contributed by atoms with Crippen LogP contribution in [0.2, 0.25) is 0 Å². The van der Waals surface area contributed by atoms with Crippen molar-refractivity contribution in [3.8, 4) is 0 Å². The van der Waals surface area contributed by atoms with Crippen molar-refractivity contribution in [1.29, 1.82) is 0 Å². The van der Waals surface area contributed by atoms with Crippen molar-refractivity contribution in [2.75, 3.05) is 26.4 Å². The minimum atomic E-state index is -1.98. The number of carbonyl (C=O) groups excluding carboxylic acids is 1. The first kappa shape index (κ1) is 85.5. The highest BCUT2D eigenvalue weighted by Crippen LogP contribution is 2.33. The summed E-state index contributed by atoms with van der Waals surface area (Å²) in [6, 6.07) is -0.987. The fourth-order valence-corrected chi connectivity index (χ4v) is 13.1. The lowest BCUT2D eigenvalue weighted by atomic mass is 9.96. The van der Waals surface area contributed by atoms with Crippen LogP contribution in [-0.4, -0.2) is 193 Å². The van der Waals surface area contributed by atoms with Gasteiger partial charge in [0.25, 0.3) is 0 Å². The second-order valence-electron chi connectivity index (χ2n) is 27.5. The Morgan fingerprint density at radius 2 is 0.688 bits per heavy atom. The maximum atomic E-state index is 13.4. The van der Waals surface area contributed by atoms with E-state index in [1.807, 2.05) is 6.08 Å². The molecule has 548 valence electrons. The molecule has 0 radical (unpaired) electrons. The van der Waals surface area contributed by atoms with Gasteiger partial charge < -0.3 is 89.9 Å². The van der Waals surface area contributed by atoms with Gasteiger partial charge in [-0.3, -0.25) is 4.79 Å². The summed E-state index contributed by atoms with van der Waals surface area (Å²) in [6.45, 7) is 1.75. The minimum Gasteiger partial charge on any atom is -0.394 e. The molecule has 19 heteroatoms. The summed E-state index contributed by atoms with van der Waals surface area (Å²) < 4.78 is 34.4. The molecule has 3 heterocycles. The zero-order valence-electron chi connectivity index (χ0n) is 58.3. The molecule has 3 aliphatic rings. The molecule has 0 aromatic heterocycles. The predicted molar refractivity (Wildman–Crippen MR) is 365 cm³/mol. The Morgan fingerprint density at radius 1 is 0.376 bits per heavy atom. The first-order chi connectivity index (χ1) is 45.3. The molecule has 3 fully saturated rings. The van der Waals surface area contributed by atoms with Crippen molar-refractivity contribution < 1.29 is 89.4 Å². The molecule has 1 amide bonds. The number of hydrogen-bond acceptors (Lipinski definition) is 18. The van der Waals surface area contributed by atoms with E-state index in [0.717, 1.165) is 38.5 Å². The molecule has 3 saturated heterocycles. The summed E-state index contributed by atoms with van der Waals surface area (Å²) in [5, 5.41) is 121. The van der Waals surface area contributed by atoms with Crippen LogP contribution in [0.5, 0.6) is 0 Å². The quantitative estimate of drug-likeness (QED) is 0.0199. The topological polar surface area (TPSA) is 307 Å². The smallest absolute Gasteiger partial charge is 0.220 e. The number of unbranched alkanes of at least 4 members (excludes halogenated alkanes) is 42. The number of allylic oxidation sites excluding steroid dienone is 3. The lowest BCUT2D eigenvalue weighted by Crippen LogP contribution is -2.66. The van der Waals surface area contributed by atoms with Gasteiger partial charge in [0.15, 0.2) is 18.9 Å². The van der Waals surface area contributed by atoms with Crippen LogP contribution in [-0.2, 0) is 33.2 Å². The lowest BCUT2D eigenvalue weighted by molar-refractivity contribution is -0.379. The SMILES string of the molecule is CCCCCCCCCCC/C=C/CC/C=C/C(O)C(COC1OC(CO)C(OC2OC(CO)C(OC3OC(CO)C(O)C(O)C3O)C(O)C2O)C(O)C1O)NC(=O)CCCCCCCCCCCCCCCCCCCCCCCCCCCCCCCCCCC. The highest BCUT2D eigenvalue weighted by Gasteiger charge is 2.53. The maximum Gasteiger partial charge on any atom is 0.220 e. The fraction of sp³-hybridized carbons (Fsp3) is 0.932. The van der Waals surface area contributed by atoms with Crippen LogP contribution in [0, 0.1) is 0 Å². The van der Waals surface area contributed by atoms with Crippen LogP contribution in [0.3, 0.4) is 0 Å². The fourth-order valence-electron chi connectivity index (χ4n) is 13.1. The summed E-state index contributed by atoms with van der Waals surface area (Å²) in [4.78, 5) is 13.4. The van der Waals surface area contributed by atoms with Gasteiger partial charge in [-0.2, -0.15) is 0 Å². The molecular formula is C74H139NO18. The number of aliphatic hydroxyl groups is 11. The Morgan fingerprint density at radius 3 is 1.08 bits per heavy atom. The molecule has 3 aliphatic heterocycles. The van der Waals surface area contributed by atoms with Gasteiger partial charge in [0.05, 0.1) is 38.6 Å². The van der Waals surface area contributed by atoms with Crippen molar-refractivity contribution in [1.82, 2.24) is 5.32 Å². The average Bonchev–Trinajstić information content (AvgIpc) is 1.01. The van der Waals surface area contributed by atoms with Crippen molar-refractivity contribution in [3.63, 3.8) is 0 Å². The van der Waals surface area contributed by atoms with E-state index < -0.39 is 124 Å². The number of rotatable bonds is 60. The van der Waals surface area contributed by atoms with Gasteiger partial charge in [-0.15, -0.1) is 0 Å². The zero-order chi connectivity index (χ0) is 67.5. The summed E-state index contributed by atoms with van der Waals surface area (Å²) in [7, 11) is 0. The summed E-state index contributed by atoms with van der Waals surface area (Å²) >= 11 is 0. The molecule has 0 spiro atoms. The molecule has 0 saturated carbocycles. The molecular weight excluding hydrogens is 1190 g/mol. The van der Waals surface area contributed by atoms with Gasteiger partial charge >= 0.3 is 0 Å². The Kier molecular flexibility index (Phi) is 51.5. The molecule has 0 aliphatic carbocycles. The van der Waals surface area contributed by atoms with Gasteiger partial charge in [-0.1, -0.05) is 295 Å². The van der Waals surface area contributed by atoms with E-state index in [2.05, 4.69) is 31.3 Å². The third kappa shape index (κ3) is 37.3. The molecule has 3 rings (SSSR count). The highest BCUT2D eigenvalue weighted by molar-refractivity contribution is 5.76. The van der Waals surface area contributed by atoms with E-state index in [1.165, 1.54) is 238 Å². The second kappa shape index (κ2) is 56.1. The number of carbonyl (C=O) groups is 1. The third-order valence-corrected chi connectivity index (χ3v) is 19.3. The zero-order valence-corrected chi connectivity index (χ0v) is 58.3. The first-order valence-electron chi connectivity index (χ1n) is 38.1. The van der Waals surface area contributed by atoms with Crippen molar-refractivity contribution in [2.24, 2.45) is 0 Å². The molecule has 0 bridgehead atoms. The summed E-state index contributed by atoms with van der Waals surface area (Å²) in [5.74, 6) is -0.279. The van der Waals surface area contributed by atoms with Crippen molar-refractivity contribution in [2.45, 2.75) is 413 Å². The minimum absolute atomic E-state index is 0.241. The van der Waals surface area contributed by atoms with Gasteiger partial charge in [0.2, 0.25) is 5.91 Å². The van der Waals surface area contributed by atoms with E-state index >= 15 is 0 Å². The predicted octanol–water partition coefficient (Wildman–Crippen LogP) is 11.4. The van der Waals surface area contributed by atoms with E-state index in [-0.39, 0.29) is 18.9 Å². The lowest BCUT2D eigenvalue weighted by Gasteiger charge is -2.48. The number of nitrogens with one attached hydrogen (secondary N) is 1. The number of ether oxygens (including phenoxy) is 6. The Labute approximate surface area is 562 Å². The Bertz CT molecular complexity index is 1780.